The summed E-state index contributed by atoms with van der Waals surface area (Å²) in [5.41, 5.74) is 1.46. The lowest BCUT2D eigenvalue weighted by atomic mass is 9.98. The van der Waals surface area contributed by atoms with Crippen LogP contribution in [-0.2, 0) is 10.0 Å². The zero-order valence-electron chi connectivity index (χ0n) is 12.5. The van der Waals surface area contributed by atoms with Crippen molar-refractivity contribution in [3.8, 4) is 22.9 Å². The van der Waals surface area contributed by atoms with Gasteiger partial charge in [-0.05, 0) is 24.3 Å². The number of sulfonamides is 1. The van der Waals surface area contributed by atoms with Gasteiger partial charge >= 0.3 is 0 Å². The number of hydrogen-bond acceptors (Lipinski definition) is 4. The minimum absolute atomic E-state index is 0.137. The highest BCUT2D eigenvalue weighted by Gasteiger charge is 2.22. The standard InChI is InChI=1S/C16H12ClN3O3S/c1-23-10-5-11-13(17)8-20-16(11)12(6-10)15-9(7-18)3-2-4-14(15)24(19,21)22/h2-6,8,20H,1H3,(H2,19,21,22). The second-order valence-corrected chi connectivity index (χ2v) is 7.01. The Morgan fingerprint density at radius 1 is 1.33 bits per heavy atom. The van der Waals surface area contributed by atoms with Gasteiger partial charge in [0, 0.05) is 22.7 Å². The van der Waals surface area contributed by atoms with Crippen LogP contribution in [0, 0.1) is 11.3 Å². The van der Waals surface area contributed by atoms with Gasteiger partial charge in [-0.15, -0.1) is 0 Å². The number of H-pyrrole nitrogens is 1. The maximum absolute atomic E-state index is 12.0. The van der Waals surface area contributed by atoms with E-state index in [2.05, 4.69) is 4.98 Å². The number of ether oxygens (including phenoxy) is 1. The zero-order chi connectivity index (χ0) is 17.5. The molecule has 1 heterocycles. The summed E-state index contributed by atoms with van der Waals surface area (Å²) in [6.45, 7) is 0. The third kappa shape index (κ3) is 2.61. The number of nitriles is 1. The predicted molar refractivity (Wildman–Crippen MR) is 91.4 cm³/mol. The Balaban J connectivity index is 2.51. The van der Waals surface area contributed by atoms with Gasteiger partial charge in [0.2, 0.25) is 10.0 Å². The fourth-order valence-electron chi connectivity index (χ4n) is 2.63. The summed E-state index contributed by atoms with van der Waals surface area (Å²) >= 11 is 6.17. The van der Waals surface area contributed by atoms with E-state index in [4.69, 9.17) is 21.5 Å². The van der Waals surface area contributed by atoms with Gasteiger partial charge in [0.05, 0.1) is 34.2 Å². The monoisotopic (exact) mass is 361 g/mol. The Labute approximate surface area is 143 Å². The highest BCUT2D eigenvalue weighted by molar-refractivity contribution is 7.89. The van der Waals surface area contributed by atoms with Gasteiger partial charge in [-0.25, -0.2) is 13.6 Å². The fourth-order valence-corrected chi connectivity index (χ4v) is 3.60. The van der Waals surface area contributed by atoms with Crippen LogP contribution in [0.15, 0.2) is 41.4 Å². The number of nitrogens with zero attached hydrogens (tertiary/aromatic N) is 1. The first kappa shape index (κ1) is 16.3. The molecule has 0 radical (unpaired) electrons. The number of fused-ring (bicyclic) bond motifs is 1. The zero-order valence-corrected chi connectivity index (χ0v) is 14.1. The predicted octanol–water partition coefficient (Wildman–Crippen LogP) is 3.02. The van der Waals surface area contributed by atoms with Crippen LogP contribution in [-0.4, -0.2) is 20.5 Å². The molecule has 0 unspecified atom stereocenters. The topological polar surface area (TPSA) is 109 Å². The molecule has 3 aromatic rings. The summed E-state index contributed by atoms with van der Waals surface area (Å²) in [7, 11) is -2.55. The van der Waals surface area contributed by atoms with E-state index in [1.165, 1.54) is 25.3 Å². The molecule has 0 amide bonds. The van der Waals surface area contributed by atoms with Crippen molar-refractivity contribution >= 4 is 32.5 Å². The summed E-state index contributed by atoms with van der Waals surface area (Å²) in [6, 6.07) is 9.74. The third-order valence-electron chi connectivity index (χ3n) is 3.67. The lowest BCUT2D eigenvalue weighted by Crippen LogP contribution is -2.14. The van der Waals surface area contributed by atoms with Gasteiger partial charge in [-0.1, -0.05) is 17.7 Å². The average molecular weight is 362 g/mol. The fraction of sp³-hybridized carbons (Fsp3) is 0.0625. The molecule has 0 bridgehead atoms. The van der Waals surface area contributed by atoms with Crippen LogP contribution >= 0.6 is 11.6 Å². The second kappa shape index (κ2) is 5.83. The van der Waals surface area contributed by atoms with Crippen LogP contribution in [0.25, 0.3) is 22.0 Å². The number of aromatic nitrogens is 1. The van der Waals surface area contributed by atoms with Crippen LogP contribution in [0.3, 0.4) is 0 Å². The van der Waals surface area contributed by atoms with E-state index in [-0.39, 0.29) is 16.0 Å². The summed E-state index contributed by atoms with van der Waals surface area (Å²) in [5, 5.41) is 15.9. The van der Waals surface area contributed by atoms with Crippen LogP contribution in [0.1, 0.15) is 5.56 Å². The largest absolute Gasteiger partial charge is 0.497 e. The number of nitrogens with one attached hydrogen (secondary N) is 1. The smallest absolute Gasteiger partial charge is 0.238 e. The van der Waals surface area contributed by atoms with E-state index in [0.717, 1.165) is 0 Å². The first-order chi connectivity index (χ1) is 11.4. The molecule has 0 aliphatic heterocycles. The Hall–Kier alpha value is -2.53. The van der Waals surface area contributed by atoms with Crippen molar-refractivity contribution in [2.24, 2.45) is 5.14 Å². The molecule has 0 aliphatic carbocycles. The normalized spacial score (nSPS) is 11.4. The van der Waals surface area contributed by atoms with Crippen molar-refractivity contribution in [1.29, 1.82) is 5.26 Å². The summed E-state index contributed by atoms with van der Waals surface area (Å²) < 4.78 is 29.3. The van der Waals surface area contributed by atoms with E-state index in [0.29, 0.717) is 27.2 Å². The summed E-state index contributed by atoms with van der Waals surface area (Å²) in [4.78, 5) is 2.87. The lowest BCUT2D eigenvalue weighted by molar-refractivity contribution is 0.415. The molecule has 0 fully saturated rings. The first-order valence-electron chi connectivity index (χ1n) is 6.77. The average Bonchev–Trinajstić information content (AvgIpc) is 2.93. The molecule has 0 atom stereocenters. The molecule has 3 N–H and O–H groups in total. The van der Waals surface area contributed by atoms with E-state index in [1.54, 1.807) is 18.3 Å². The first-order valence-corrected chi connectivity index (χ1v) is 8.70. The molecule has 3 rings (SSSR count). The Kier molecular flexibility index (Phi) is 3.97. The van der Waals surface area contributed by atoms with E-state index in [9.17, 15) is 13.7 Å². The maximum atomic E-state index is 12.0. The minimum atomic E-state index is -4.03. The van der Waals surface area contributed by atoms with E-state index < -0.39 is 10.0 Å². The Bertz CT molecular complexity index is 1100. The van der Waals surface area contributed by atoms with Crippen molar-refractivity contribution in [1.82, 2.24) is 4.98 Å². The van der Waals surface area contributed by atoms with E-state index in [1.807, 2.05) is 6.07 Å². The van der Waals surface area contributed by atoms with Crippen LogP contribution in [0.2, 0.25) is 5.02 Å². The van der Waals surface area contributed by atoms with Crippen molar-refractivity contribution < 1.29 is 13.2 Å². The van der Waals surface area contributed by atoms with Crippen LogP contribution in [0.5, 0.6) is 5.75 Å². The maximum Gasteiger partial charge on any atom is 0.238 e. The van der Waals surface area contributed by atoms with Crippen LogP contribution < -0.4 is 9.88 Å². The molecule has 8 heteroatoms. The number of aromatic amines is 1. The molecule has 2 aromatic carbocycles. The minimum Gasteiger partial charge on any atom is -0.497 e. The second-order valence-electron chi connectivity index (χ2n) is 5.07. The molecule has 0 spiro atoms. The number of nitrogens with two attached hydrogens (primary N) is 1. The van der Waals surface area contributed by atoms with Crippen molar-refractivity contribution in [2.75, 3.05) is 7.11 Å². The summed E-state index contributed by atoms with van der Waals surface area (Å²) in [6.07, 6.45) is 1.58. The molecule has 0 aliphatic rings. The third-order valence-corrected chi connectivity index (χ3v) is 4.94. The van der Waals surface area contributed by atoms with Gasteiger partial charge in [-0.2, -0.15) is 5.26 Å². The number of hydrogen-bond donors (Lipinski definition) is 2. The van der Waals surface area contributed by atoms with Gasteiger partial charge in [0.25, 0.3) is 0 Å². The Morgan fingerprint density at radius 2 is 2.08 bits per heavy atom. The quantitative estimate of drug-likeness (QED) is 0.747. The number of halogens is 1. The van der Waals surface area contributed by atoms with Crippen molar-refractivity contribution in [3.05, 3.63) is 47.1 Å². The molecule has 1 aromatic heterocycles. The highest BCUT2D eigenvalue weighted by atomic mass is 35.5. The molecule has 6 nitrogen and oxygen atoms in total. The van der Waals surface area contributed by atoms with Gasteiger partial charge in [-0.3, -0.25) is 0 Å². The SMILES string of the molecule is COc1cc(-c2c(C#N)cccc2S(N)(=O)=O)c2[nH]cc(Cl)c2c1. The molecular weight excluding hydrogens is 350 g/mol. The number of rotatable bonds is 3. The van der Waals surface area contributed by atoms with Crippen molar-refractivity contribution in [3.63, 3.8) is 0 Å². The number of benzene rings is 2. The number of methoxy groups -OCH3 is 1. The lowest BCUT2D eigenvalue weighted by Gasteiger charge is -2.13. The van der Waals surface area contributed by atoms with E-state index >= 15 is 0 Å². The molecule has 0 saturated heterocycles. The molecular formula is C16H12ClN3O3S. The van der Waals surface area contributed by atoms with Gasteiger partial charge in [0.1, 0.15) is 5.75 Å². The molecule has 24 heavy (non-hydrogen) atoms. The van der Waals surface area contributed by atoms with Gasteiger partial charge in [0.15, 0.2) is 0 Å². The Morgan fingerprint density at radius 3 is 2.71 bits per heavy atom. The van der Waals surface area contributed by atoms with Crippen molar-refractivity contribution in [2.45, 2.75) is 4.90 Å². The highest BCUT2D eigenvalue weighted by Crippen LogP contribution is 2.39. The molecule has 122 valence electrons. The number of primary sulfonamides is 1. The van der Waals surface area contributed by atoms with Gasteiger partial charge < -0.3 is 9.72 Å². The molecule has 0 saturated carbocycles. The van der Waals surface area contributed by atoms with Crippen LogP contribution in [0.4, 0.5) is 0 Å². The summed E-state index contributed by atoms with van der Waals surface area (Å²) in [5.74, 6) is 0.479.